The van der Waals surface area contributed by atoms with E-state index in [2.05, 4.69) is 17.5 Å². The van der Waals surface area contributed by atoms with Gasteiger partial charge in [0.15, 0.2) is 11.5 Å². The summed E-state index contributed by atoms with van der Waals surface area (Å²) >= 11 is 0. The molecule has 2 aromatic carbocycles. The molecule has 0 aromatic heterocycles. The van der Waals surface area contributed by atoms with Crippen LogP contribution in [-0.2, 0) is 10.2 Å². The van der Waals surface area contributed by atoms with Crippen molar-refractivity contribution in [3.8, 4) is 17.2 Å². The molecule has 0 amide bonds. The van der Waals surface area contributed by atoms with Gasteiger partial charge < -0.3 is 36.8 Å². The number of allylic oxidation sites excluding steroid dienone is 2. The number of para-hydroxylation sites is 1. The first-order valence-electron chi connectivity index (χ1n) is 12.7. The fourth-order valence-electron chi connectivity index (χ4n) is 7.78. The van der Waals surface area contributed by atoms with Gasteiger partial charge in [-0.3, -0.25) is 9.59 Å². The molecule has 1 aliphatic carbocycles. The number of aromatic hydroxyl groups is 1. The highest BCUT2D eigenvalue weighted by molar-refractivity contribution is 5.98. The second-order valence-electron chi connectivity index (χ2n) is 10.7. The average Bonchev–Trinajstić information content (AvgIpc) is 3.43. The molecule has 1 unspecified atom stereocenters. The molecule has 0 radical (unpaired) electrons. The number of carbonyl (C=O) groups is 2. The molecule has 4 aliphatic heterocycles. The molecule has 37 heavy (non-hydrogen) atoms. The number of fused-ring (bicyclic) bond motifs is 3. The number of nitrogens with zero attached hydrogens (tertiary/aromatic N) is 1. The topological polar surface area (TPSA) is 84.9 Å². The summed E-state index contributed by atoms with van der Waals surface area (Å²) in [4.78, 5) is 26.3. The van der Waals surface area contributed by atoms with Crippen LogP contribution >= 0.6 is 0 Å². The van der Waals surface area contributed by atoms with Crippen molar-refractivity contribution in [1.29, 1.82) is 0 Å². The van der Waals surface area contributed by atoms with Crippen molar-refractivity contribution in [3.63, 3.8) is 0 Å². The average molecular weight is 521 g/mol. The first-order chi connectivity index (χ1) is 17.5. The number of nitrogens with one attached hydrogen (secondary N) is 1. The quantitative estimate of drug-likeness (QED) is 0.203. The maximum Gasteiger partial charge on any atom is 0.217 e. The number of phenolic OH excluding ortho intramolecular Hbond substituents is 1. The minimum Gasteiger partial charge on any atom is -1.00 e. The van der Waals surface area contributed by atoms with Gasteiger partial charge in [0.1, 0.15) is 44.4 Å². The Hall–Kier alpha value is -3.29. The summed E-state index contributed by atoms with van der Waals surface area (Å²) in [6.45, 7) is 4.99. The molecular weight excluding hydrogens is 492 g/mol. The number of halogens is 1. The van der Waals surface area contributed by atoms with Gasteiger partial charge in [-0.1, -0.05) is 18.2 Å². The van der Waals surface area contributed by atoms with Crippen LogP contribution in [0.25, 0.3) is 0 Å². The second kappa shape index (κ2) is 8.36. The van der Waals surface area contributed by atoms with Crippen LogP contribution < -0.4 is 27.2 Å². The van der Waals surface area contributed by atoms with Crippen molar-refractivity contribution in [3.05, 3.63) is 70.4 Å². The van der Waals surface area contributed by atoms with Crippen LogP contribution in [0.2, 0.25) is 0 Å². The van der Waals surface area contributed by atoms with E-state index < -0.39 is 5.41 Å². The smallest absolute Gasteiger partial charge is 0.217 e. The van der Waals surface area contributed by atoms with Gasteiger partial charge in [0, 0.05) is 35.6 Å². The van der Waals surface area contributed by atoms with Gasteiger partial charge in [-0.05, 0) is 42.3 Å². The molecule has 2 aromatic rings. The minimum absolute atomic E-state index is 0. The van der Waals surface area contributed by atoms with Gasteiger partial charge in [0.25, 0.3) is 0 Å². The molecule has 4 heterocycles. The number of Topliss-reactive ketones (excluding diaryl/α,β-unsaturated/α-hetero) is 1. The van der Waals surface area contributed by atoms with E-state index in [0.717, 1.165) is 49.1 Å². The van der Waals surface area contributed by atoms with Gasteiger partial charge in [0.05, 0.1) is 17.6 Å². The Labute approximate surface area is 221 Å². The fraction of sp³-hybridized carbons (Fsp3) is 0.379. The summed E-state index contributed by atoms with van der Waals surface area (Å²) in [5.74, 6) is 1.64. The van der Waals surface area contributed by atoms with Crippen molar-refractivity contribution in [1.82, 2.24) is 0 Å². The molecule has 8 heteroatoms. The second-order valence-corrected chi connectivity index (χ2v) is 10.7. The van der Waals surface area contributed by atoms with Crippen molar-refractivity contribution < 1.29 is 41.1 Å². The SMILES string of the molecule is C/C=C1/C[N+]2(CC(=O)c3ccc4c(c3)OCCO4)CC[C@]34C(=C(C=O)[C@H]1C[C@@H]32)Nc1c(O)cccc14.[Cl-]. The van der Waals surface area contributed by atoms with Crippen molar-refractivity contribution in [2.24, 2.45) is 5.92 Å². The molecule has 7 rings (SSSR count). The number of carbonyl (C=O) groups excluding carboxylic acids is 2. The van der Waals surface area contributed by atoms with Crippen molar-refractivity contribution in [2.45, 2.75) is 31.2 Å². The van der Waals surface area contributed by atoms with Crippen LogP contribution in [0.3, 0.4) is 0 Å². The molecule has 1 spiro atoms. The lowest BCUT2D eigenvalue weighted by molar-refractivity contribution is -0.934. The highest BCUT2D eigenvalue weighted by Crippen LogP contribution is 2.64. The van der Waals surface area contributed by atoms with Gasteiger partial charge >= 0.3 is 0 Å². The van der Waals surface area contributed by atoms with E-state index in [9.17, 15) is 14.7 Å². The van der Waals surface area contributed by atoms with Gasteiger partial charge in [0.2, 0.25) is 5.78 Å². The number of benzene rings is 2. The predicted molar refractivity (Wildman–Crippen MR) is 133 cm³/mol. The zero-order valence-corrected chi connectivity index (χ0v) is 21.4. The molecule has 4 atom stereocenters. The van der Waals surface area contributed by atoms with Crippen LogP contribution in [0.4, 0.5) is 5.69 Å². The van der Waals surface area contributed by atoms with E-state index in [4.69, 9.17) is 9.47 Å². The number of anilines is 1. The highest BCUT2D eigenvalue weighted by Gasteiger charge is 2.69. The number of ether oxygens (including phenoxy) is 2. The molecule has 0 saturated carbocycles. The Morgan fingerprint density at radius 1 is 1.22 bits per heavy atom. The van der Waals surface area contributed by atoms with Crippen LogP contribution in [0, 0.1) is 5.92 Å². The molecule has 7 nitrogen and oxygen atoms in total. The zero-order valence-electron chi connectivity index (χ0n) is 20.6. The molecule has 2 N–H and O–H groups in total. The van der Waals surface area contributed by atoms with E-state index in [1.54, 1.807) is 6.07 Å². The zero-order chi connectivity index (χ0) is 24.7. The maximum absolute atomic E-state index is 13.8. The van der Waals surface area contributed by atoms with Crippen LogP contribution in [0.15, 0.2) is 59.3 Å². The number of rotatable bonds is 4. The maximum atomic E-state index is 13.8. The Morgan fingerprint density at radius 2 is 2.03 bits per heavy atom. The first-order valence-corrected chi connectivity index (χ1v) is 12.7. The fourth-order valence-corrected chi connectivity index (χ4v) is 7.78. The summed E-state index contributed by atoms with van der Waals surface area (Å²) < 4.78 is 12.0. The third kappa shape index (κ3) is 3.10. The minimum atomic E-state index is -0.396. The predicted octanol–water partition coefficient (Wildman–Crippen LogP) is 0.736. The number of hydrogen-bond donors (Lipinski definition) is 2. The molecular formula is C29H29ClN2O5. The lowest BCUT2D eigenvalue weighted by Crippen LogP contribution is -3.00. The standard InChI is InChI=1S/C29H28N2O5.ClH/c1-2-17-14-31(15-23(34)18-6-7-24-25(12-18)36-11-10-35-24)9-8-29-21-4-3-5-22(33)27(21)30-28(29)20(16-32)19(17)13-26(29)31;/h2-7,12,16,19,26H,8-11,13-15H2,1H3,(H-,30,32,33);1H/b17-2-;/t19-,26-,29+,31?;/m0./s1. The summed E-state index contributed by atoms with van der Waals surface area (Å²) in [7, 11) is 0. The summed E-state index contributed by atoms with van der Waals surface area (Å²) in [6, 6.07) is 11.3. The van der Waals surface area contributed by atoms with Gasteiger partial charge in [-0.25, -0.2) is 0 Å². The van der Waals surface area contributed by atoms with E-state index in [0.29, 0.717) is 47.0 Å². The van der Waals surface area contributed by atoms with E-state index in [-0.39, 0.29) is 35.9 Å². The monoisotopic (exact) mass is 520 g/mol. The number of hydrogen-bond acceptors (Lipinski definition) is 6. The van der Waals surface area contributed by atoms with Crippen LogP contribution in [0.1, 0.15) is 35.7 Å². The van der Waals surface area contributed by atoms with Crippen molar-refractivity contribution >= 4 is 17.8 Å². The molecule has 2 saturated heterocycles. The van der Waals surface area contributed by atoms with E-state index in [1.807, 2.05) is 31.2 Å². The Bertz CT molecular complexity index is 1400. The lowest BCUT2D eigenvalue weighted by Gasteiger charge is -2.53. The lowest BCUT2D eigenvalue weighted by atomic mass is 9.61. The van der Waals surface area contributed by atoms with Gasteiger partial charge in [-0.15, -0.1) is 0 Å². The number of quaternary nitrogens is 1. The highest BCUT2D eigenvalue weighted by atomic mass is 35.5. The summed E-state index contributed by atoms with van der Waals surface area (Å²) in [6.07, 6.45) is 4.79. The Kier molecular flexibility index (Phi) is 5.44. The largest absolute Gasteiger partial charge is 1.00 e. The van der Waals surface area contributed by atoms with Crippen LogP contribution in [-0.4, -0.2) is 60.5 Å². The molecule has 2 fully saturated rings. The van der Waals surface area contributed by atoms with Crippen LogP contribution in [0.5, 0.6) is 17.2 Å². The summed E-state index contributed by atoms with van der Waals surface area (Å²) in [5, 5.41) is 14.2. The third-order valence-corrected chi connectivity index (χ3v) is 9.29. The Morgan fingerprint density at radius 3 is 2.81 bits per heavy atom. The number of ketones is 1. The van der Waals surface area contributed by atoms with E-state index >= 15 is 0 Å². The molecule has 5 aliphatic rings. The Balaban J connectivity index is 0.00000252. The molecule has 192 valence electrons. The van der Waals surface area contributed by atoms with Gasteiger partial charge in [-0.2, -0.15) is 0 Å². The van der Waals surface area contributed by atoms with E-state index in [1.165, 1.54) is 5.57 Å². The third-order valence-electron chi connectivity index (χ3n) is 9.29. The summed E-state index contributed by atoms with van der Waals surface area (Å²) in [5.41, 5.74) is 4.95. The molecule has 2 bridgehead atoms. The number of aldehydes is 1. The number of phenols is 1. The number of piperidine rings is 1. The normalized spacial score (nSPS) is 31.2. The van der Waals surface area contributed by atoms with Crippen molar-refractivity contribution in [2.75, 3.05) is 38.2 Å². The first kappa shape index (κ1) is 24.1.